The average molecular weight is 430 g/mol. The molecule has 0 saturated carbocycles. The molecule has 0 aliphatic rings. The molecule has 0 radical (unpaired) electrons. The second kappa shape index (κ2) is 10.9. The van der Waals surface area contributed by atoms with Gasteiger partial charge in [-0.2, -0.15) is 0 Å². The third-order valence-electron chi connectivity index (χ3n) is 3.59. The Morgan fingerprint density at radius 2 is 1.77 bits per heavy atom. The topological polar surface area (TPSA) is 111 Å². The Balaban J connectivity index is 2.24. The molecule has 2 rings (SSSR count). The van der Waals surface area contributed by atoms with E-state index in [0.717, 1.165) is 11.1 Å². The Labute approximate surface area is 177 Å². The van der Waals surface area contributed by atoms with Crippen LogP contribution in [0.3, 0.4) is 0 Å². The molecule has 2 aromatic rings. The second-order valence-electron chi connectivity index (χ2n) is 6.28. The van der Waals surface area contributed by atoms with E-state index in [1.54, 1.807) is 26.2 Å². The van der Waals surface area contributed by atoms with Crippen LogP contribution in [0.4, 0.5) is 9.80 Å². The first kappa shape index (κ1) is 22.8. The van der Waals surface area contributed by atoms with E-state index in [9.17, 15) is 19.2 Å². The van der Waals surface area contributed by atoms with Gasteiger partial charge in [0.1, 0.15) is 10.6 Å². The number of alkyl carbamates (subject to hydrolysis) is 1. The Hall–Kier alpha value is -3.46. The molecule has 0 saturated heterocycles. The summed E-state index contributed by atoms with van der Waals surface area (Å²) in [7, 11) is 0. The normalized spacial score (nSPS) is 9.97. The Bertz CT molecular complexity index is 961. The molecule has 1 aromatic carbocycles. The first-order valence-electron chi connectivity index (χ1n) is 9.08. The van der Waals surface area contributed by atoms with Crippen LogP contribution in [0.5, 0.6) is 0 Å². The van der Waals surface area contributed by atoms with Gasteiger partial charge >= 0.3 is 12.1 Å². The molecular weight excluding hydrogens is 408 g/mol. The minimum Gasteiger partial charge on any atom is -0.452 e. The summed E-state index contributed by atoms with van der Waals surface area (Å²) >= 11 is 1.17. The van der Waals surface area contributed by atoms with Crippen molar-refractivity contribution in [3.05, 3.63) is 52.9 Å². The number of rotatable bonds is 7. The van der Waals surface area contributed by atoms with Crippen LogP contribution in [-0.4, -0.2) is 37.1 Å². The number of carbonyl (C=O) groups excluding carboxylic acids is 4. The lowest BCUT2D eigenvalue weighted by atomic mass is 10.0. The zero-order valence-corrected chi connectivity index (χ0v) is 17.6. The maximum atomic E-state index is 12.8. The molecular formula is C21H22N2O6S. The summed E-state index contributed by atoms with van der Waals surface area (Å²) in [6, 6.07) is 9.10. The molecule has 0 unspecified atom stereocenters. The number of imide groups is 1. The van der Waals surface area contributed by atoms with Crippen molar-refractivity contribution >= 4 is 40.2 Å². The Kier molecular flexibility index (Phi) is 8.30. The summed E-state index contributed by atoms with van der Waals surface area (Å²) in [5, 5.41) is 6.64. The number of nitrogens with one attached hydrogen (secondary N) is 2. The first-order valence-corrected chi connectivity index (χ1v) is 9.96. The fraction of sp³-hybridized carbons (Fsp3) is 0.238. The third kappa shape index (κ3) is 6.56. The molecule has 158 valence electrons. The van der Waals surface area contributed by atoms with Crippen LogP contribution in [0.15, 0.2) is 47.4 Å². The van der Waals surface area contributed by atoms with E-state index in [1.165, 1.54) is 17.4 Å². The molecule has 8 nitrogen and oxygen atoms in total. The highest BCUT2D eigenvalue weighted by atomic mass is 32.1. The van der Waals surface area contributed by atoms with Gasteiger partial charge in [-0.25, -0.2) is 9.59 Å². The third-order valence-corrected chi connectivity index (χ3v) is 4.48. The highest BCUT2D eigenvalue weighted by Gasteiger charge is 2.23. The molecule has 1 aromatic heterocycles. The molecule has 0 spiro atoms. The van der Waals surface area contributed by atoms with Crippen LogP contribution in [0.2, 0.25) is 0 Å². The predicted octanol–water partition coefficient (Wildman–Crippen LogP) is 3.75. The summed E-state index contributed by atoms with van der Waals surface area (Å²) in [4.78, 5) is 48.0. The molecule has 30 heavy (non-hydrogen) atoms. The number of esters is 1. The molecule has 1 heterocycles. The van der Waals surface area contributed by atoms with Gasteiger partial charge in [0.15, 0.2) is 6.61 Å². The molecule has 0 aliphatic carbocycles. The standard InChI is InChI=1S/C21H22N2O6S/c1-4-28-21(27)23-17(25)11-29-20(26)18-15(14-8-6-5-7-9-14)12-30-19(18)22-16(24)10-13(2)3/h5-10,12H,4,11H2,1-3H3,(H,22,24)(H,23,25,27). The van der Waals surface area contributed by atoms with Crippen molar-refractivity contribution < 1.29 is 28.7 Å². The molecule has 0 atom stereocenters. The number of allylic oxidation sites excluding steroid dienone is 1. The number of thiophene rings is 1. The van der Waals surface area contributed by atoms with Crippen LogP contribution in [0.25, 0.3) is 11.1 Å². The molecule has 0 bridgehead atoms. The summed E-state index contributed by atoms with van der Waals surface area (Å²) in [6.07, 6.45) is 0.484. The quantitative estimate of drug-likeness (QED) is 0.511. The zero-order valence-electron chi connectivity index (χ0n) is 16.8. The maximum Gasteiger partial charge on any atom is 0.413 e. The van der Waals surface area contributed by atoms with E-state index in [0.29, 0.717) is 10.6 Å². The number of hydrogen-bond acceptors (Lipinski definition) is 7. The van der Waals surface area contributed by atoms with E-state index in [4.69, 9.17) is 4.74 Å². The number of amides is 3. The Morgan fingerprint density at radius 3 is 2.40 bits per heavy atom. The van der Waals surface area contributed by atoms with E-state index in [1.807, 2.05) is 35.6 Å². The molecule has 2 N–H and O–H groups in total. The second-order valence-corrected chi connectivity index (χ2v) is 7.15. The predicted molar refractivity (Wildman–Crippen MR) is 113 cm³/mol. The van der Waals surface area contributed by atoms with Crippen LogP contribution in [-0.2, 0) is 19.1 Å². The monoisotopic (exact) mass is 430 g/mol. The summed E-state index contributed by atoms with van der Waals surface area (Å²) in [6.45, 7) is 4.57. The van der Waals surface area contributed by atoms with Crippen molar-refractivity contribution in [3.63, 3.8) is 0 Å². The Morgan fingerprint density at radius 1 is 1.07 bits per heavy atom. The summed E-state index contributed by atoms with van der Waals surface area (Å²) < 4.78 is 9.67. The van der Waals surface area contributed by atoms with Gasteiger partial charge < -0.3 is 14.8 Å². The van der Waals surface area contributed by atoms with Gasteiger partial charge in [-0.1, -0.05) is 35.9 Å². The lowest BCUT2D eigenvalue weighted by Gasteiger charge is -2.09. The molecule has 0 aliphatic heterocycles. The van der Waals surface area contributed by atoms with Crippen molar-refractivity contribution in [2.75, 3.05) is 18.5 Å². The van der Waals surface area contributed by atoms with Crippen molar-refractivity contribution in [2.24, 2.45) is 0 Å². The highest BCUT2D eigenvalue weighted by Crippen LogP contribution is 2.36. The SMILES string of the molecule is CCOC(=O)NC(=O)COC(=O)c1c(-c2ccccc2)csc1NC(=O)C=C(C)C. The van der Waals surface area contributed by atoms with Crippen LogP contribution in [0.1, 0.15) is 31.1 Å². The number of hydrogen-bond donors (Lipinski definition) is 2. The van der Waals surface area contributed by atoms with Gasteiger partial charge in [0, 0.05) is 17.0 Å². The molecule has 0 fully saturated rings. The van der Waals surface area contributed by atoms with Gasteiger partial charge in [0.2, 0.25) is 5.91 Å². The number of benzene rings is 1. The number of anilines is 1. The van der Waals surface area contributed by atoms with E-state index >= 15 is 0 Å². The van der Waals surface area contributed by atoms with E-state index in [-0.39, 0.29) is 18.1 Å². The molecule has 9 heteroatoms. The van der Waals surface area contributed by atoms with Crippen molar-refractivity contribution in [3.8, 4) is 11.1 Å². The van der Waals surface area contributed by atoms with Crippen LogP contribution < -0.4 is 10.6 Å². The highest BCUT2D eigenvalue weighted by molar-refractivity contribution is 7.15. The fourth-order valence-corrected chi connectivity index (χ4v) is 3.37. The lowest BCUT2D eigenvalue weighted by Crippen LogP contribution is -2.34. The van der Waals surface area contributed by atoms with Crippen LogP contribution >= 0.6 is 11.3 Å². The number of ether oxygens (including phenoxy) is 2. The average Bonchev–Trinajstić information content (AvgIpc) is 3.09. The van der Waals surface area contributed by atoms with E-state index in [2.05, 4.69) is 10.1 Å². The maximum absolute atomic E-state index is 12.8. The van der Waals surface area contributed by atoms with Crippen molar-refractivity contribution in [2.45, 2.75) is 20.8 Å². The minimum absolute atomic E-state index is 0.100. The summed E-state index contributed by atoms with van der Waals surface area (Å²) in [5.74, 6) is -2.01. The smallest absolute Gasteiger partial charge is 0.413 e. The van der Waals surface area contributed by atoms with Gasteiger partial charge in [-0.05, 0) is 26.3 Å². The molecule has 3 amide bonds. The van der Waals surface area contributed by atoms with Gasteiger partial charge in [0.25, 0.3) is 5.91 Å². The van der Waals surface area contributed by atoms with Crippen molar-refractivity contribution in [1.29, 1.82) is 0 Å². The first-order chi connectivity index (χ1) is 14.3. The largest absolute Gasteiger partial charge is 0.452 e. The number of carbonyl (C=O) groups is 4. The van der Waals surface area contributed by atoms with E-state index < -0.39 is 24.6 Å². The lowest BCUT2D eigenvalue weighted by molar-refractivity contribution is -0.123. The minimum atomic E-state index is -0.922. The van der Waals surface area contributed by atoms with Gasteiger partial charge in [0.05, 0.1) is 6.61 Å². The van der Waals surface area contributed by atoms with Gasteiger partial charge in [-0.15, -0.1) is 11.3 Å². The van der Waals surface area contributed by atoms with Crippen molar-refractivity contribution in [1.82, 2.24) is 5.32 Å². The zero-order chi connectivity index (χ0) is 22.1. The van der Waals surface area contributed by atoms with Crippen LogP contribution in [0, 0.1) is 0 Å². The fourth-order valence-electron chi connectivity index (χ4n) is 2.41. The van der Waals surface area contributed by atoms with Gasteiger partial charge in [-0.3, -0.25) is 14.9 Å². The summed E-state index contributed by atoms with van der Waals surface area (Å²) in [5.41, 5.74) is 2.24.